The number of benzene rings is 2. The van der Waals surface area contributed by atoms with Crippen molar-refractivity contribution in [1.29, 1.82) is 0 Å². The van der Waals surface area contributed by atoms with Crippen LogP contribution in [0.15, 0.2) is 60.9 Å². The molecule has 0 radical (unpaired) electrons. The zero-order chi connectivity index (χ0) is 20.0. The third-order valence-electron chi connectivity index (χ3n) is 4.78. The molecule has 1 N–H and O–H groups in total. The number of aryl methyl sites for hydroxylation is 1. The second kappa shape index (κ2) is 7.02. The number of imidazole rings is 1. The van der Waals surface area contributed by atoms with E-state index in [2.05, 4.69) is 15.5 Å². The Balaban J connectivity index is 1.47. The maximum atomic E-state index is 12.9. The topological polar surface area (TPSA) is 64.7 Å². The van der Waals surface area contributed by atoms with Crippen molar-refractivity contribution in [3.05, 3.63) is 82.1 Å². The van der Waals surface area contributed by atoms with Gasteiger partial charge in [-0.05, 0) is 36.8 Å². The third kappa shape index (κ3) is 3.18. The second-order valence-electron chi connectivity index (χ2n) is 6.71. The Hall–Kier alpha value is -3.16. The highest BCUT2D eigenvalue weighted by Gasteiger charge is 2.17. The number of para-hydroxylation sites is 2. The van der Waals surface area contributed by atoms with Crippen molar-refractivity contribution in [2.24, 2.45) is 0 Å². The Morgan fingerprint density at radius 2 is 1.97 bits per heavy atom. The molecule has 8 heteroatoms. The predicted molar refractivity (Wildman–Crippen MR) is 116 cm³/mol. The minimum atomic E-state index is -0.182. The van der Waals surface area contributed by atoms with Gasteiger partial charge >= 0.3 is 0 Å². The molecular formula is C21H16ClN5OS. The number of carbonyl (C=O) groups is 1. The van der Waals surface area contributed by atoms with E-state index in [0.29, 0.717) is 16.4 Å². The largest absolute Gasteiger partial charge is 0.280 e. The zero-order valence-electron chi connectivity index (χ0n) is 15.5. The molecular weight excluding hydrogens is 406 g/mol. The predicted octanol–water partition coefficient (Wildman–Crippen LogP) is 4.84. The van der Waals surface area contributed by atoms with Gasteiger partial charge in [-0.2, -0.15) is 5.10 Å². The van der Waals surface area contributed by atoms with Crippen LogP contribution in [0.25, 0.3) is 21.3 Å². The fraction of sp³-hybridized carbons (Fsp3) is 0.0952. The van der Waals surface area contributed by atoms with Crippen LogP contribution in [-0.4, -0.2) is 25.3 Å². The Morgan fingerprint density at radius 3 is 2.83 bits per heavy atom. The molecule has 144 valence electrons. The van der Waals surface area contributed by atoms with Gasteiger partial charge in [-0.1, -0.05) is 41.9 Å². The number of rotatable bonds is 4. The third-order valence-corrected chi connectivity index (χ3v) is 6.30. The number of nitrogens with zero attached hydrogens (tertiary/aromatic N) is 4. The highest BCUT2D eigenvalue weighted by molar-refractivity contribution is 7.20. The van der Waals surface area contributed by atoms with Crippen molar-refractivity contribution in [2.75, 3.05) is 5.43 Å². The minimum Gasteiger partial charge on any atom is -0.266 e. The SMILES string of the molecule is Cc1nn(Cc2ccccc2Cl)c2sc(C(=O)Nn3cnc4ccccc43)cc12. The van der Waals surface area contributed by atoms with Gasteiger partial charge in [0.05, 0.1) is 28.1 Å². The summed E-state index contributed by atoms with van der Waals surface area (Å²) in [5, 5.41) is 6.30. The number of hydrogen-bond acceptors (Lipinski definition) is 4. The highest BCUT2D eigenvalue weighted by Crippen LogP contribution is 2.30. The summed E-state index contributed by atoms with van der Waals surface area (Å²) in [6.45, 7) is 2.50. The molecule has 3 aromatic heterocycles. The standard InChI is InChI=1S/C21H16ClN5OS/c1-13-15-10-19(20(28)25-27-12-23-17-8-4-5-9-18(17)27)29-21(15)26(24-13)11-14-6-2-3-7-16(14)22/h2-10,12H,11H2,1H3,(H,25,28). The van der Waals surface area contributed by atoms with E-state index in [0.717, 1.165) is 32.5 Å². The van der Waals surface area contributed by atoms with E-state index in [1.165, 1.54) is 11.3 Å². The van der Waals surface area contributed by atoms with Gasteiger partial charge in [-0.15, -0.1) is 11.3 Å². The zero-order valence-corrected chi connectivity index (χ0v) is 17.0. The molecule has 3 heterocycles. The van der Waals surface area contributed by atoms with Crippen LogP contribution in [0.5, 0.6) is 0 Å². The molecule has 0 aliphatic heterocycles. The summed E-state index contributed by atoms with van der Waals surface area (Å²) in [6, 6.07) is 17.3. The van der Waals surface area contributed by atoms with Crippen LogP contribution in [-0.2, 0) is 6.54 Å². The fourth-order valence-electron chi connectivity index (χ4n) is 3.33. The lowest BCUT2D eigenvalue weighted by Crippen LogP contribution is -2.21. The number of carbonyl (C=O) groups excluding carboxylic acids is 1. The number of fused-ring (bicyclic) bond motifs is 2. The van der Waals surface area contributed by atoms with Gasteiger partial charge in [0.25, 0.3) is 5.91 Å². The Kier molecular flexibility index (Phi) is 4.34. The molecule has 0 fully saturated rings. The molecule has 6 nitrogen and oxygen atoms in total. The van der Waals surface area contributed by atoms with Crippen LogP contribution in [0.4, 0.5) is 0 Å². The van der Waals surface area contributed by atoms with Gasteiger partial charge < -0.3 is 0 Å². The van der Waals surface area contributed by atoms with Crippen LogP contribution in [0.2, 0.25) is 5.02 Å². The number of amides is 1. The summed E-state index contributed by atoms with van der Waals surface area (Å²) >= 11 is 7.72. The second-order valence-corrected chi connectivity index (χ2v) is 8.15. The van der Waals surface area contributed by atoms with Gasteiger partial charge in [0.1, 0.15) is 11.2 Å². The van der Waals surface area contributed by atoms with Crippen molar-refractivity contribution in [3.63, 3.8) is 0 Å². The molecule has 5 rings (SSSR count). The quantitative estimate of drug-likeness (QED) is 0.451. The molecule has 0 atom stereocenters. The molecule has 2 aromatic carbocycles. The summed E-state index contributed by atoms with van der Waals surface area (Å²) in [6.07, 6.45) is 1.61. The molecule has 0 spiro atoms. The van der Waals surface area contributed by atoms with E-state index >= 15 is 0 Å². The molecule has 0 saturated carbocycles. The molecule has 0 aliphatic carbocycles. The molecule has 0 aliphatic rings. The summed E-state index contributed by atoms with van der Waals surface area (Å²) < 4.78 is 3.55. The van der Waals surface area contributed by atoms with Crippen molar-refractivity contribution >= 4 is 50.1 Å². The molecule has 0 unspecified atom stereocenters. The van der Waals surface area contributed by atoms with Gasteiger partial charge in [-0.3, -0.25) is 14.9 Å². The first-order valence-electron chi connectivity index (χ1n) is 9.04. The summed E-state index contributed by atoms with van der Waals surface area (Å²) in [7, 11) is 0. The average Bonchev–Trinajstić information content (AvgIpc) is 3.40. The smallest absolute Gasteiger partial charge is 0.266 e. The lowest BCUT2D eigenvalue weighted by Gasteiger charge is -2.06. The monoisotopic (exact) mass is 421 g/mol. The number of nitrogens with one attached hydrogen (secondary N) is 1. The van der Waals surface area contributed by atoms with E-state index in [9.17, 15) is 4.79 Å². The Labute approximate surface area is 175 Å². The lowest BCUT2D eigenvalue weighted by molar-refractivity contribution is 0.101. The van der Waals surface area contributed by atoms with Crippen molar-refractivity contribution in [1.82, 2.24) is 19.4 Å². The lowest BCUT2D eigenvalue weighted by atomic mass is 10.2. The first-order chi connectivity index (χ1) is 14.1. The Morgan fingerprint density at radius 1 is 1.17 bits per heavy atom. The first kappa shape index (κ1) is 17.9. The van der Waals surface area contributed by atoms with E-state index < -0.39 is 0 Å². The van der Waals surface area contributed by atoms with Gasteiger partial charge in [0.15, 0.2) is 0 Å². The van der Waals surface area contributed by atoms with Crippen molar-refractivity contribution in [2.45, 2.75) is 13.5 Å². The maximum Gasteiger partial charge on any atom is 0.280 e. The molecule has 0 bridgehead atoms. The molecule has 1 amide bonds. The molecule has 5 aromatic rings. The molecule has 0 saturated heterocycles. The Bertz CT molecular complexity index is 1370. The molecule has 29 heavy (non-hydrogen) atoms. The number of thiophene rings is 1. The highest BCUT2D eigenvalue weighted by atomic mass is 35.5. The minimum absolute atomic E-state index is 0.182. The van der Waals surface area contributed by atoms with E-state index in [1.807, 2.05) is 66.2 Å². The van der Waals surface area contributed by atoms with Gasteiger partial charge in [0.2, 0.25) is 0 Å². The average molecular weight is 422 g/mol. The number of hydrogen-bond donors (Lipinski definition) is 1. The summed E-state index contributed by atoms with van der Waals surface area (Å²) in [5.41, 5.74) is 6.46. The summed E-state index contributed by atoms with van der Waals surface area (Å²) in [5.74, 6) is -0.182. The number of halogens is 1. The van der Waals surface area contributed by atoms with Crippen LogP contribution >= 0.6 is 22.9 Å². The maximum absolute atomic E-state index is 12.9. The van der Waals surface area contributed by atoms with Crippen molar-refractivity contribution in [3.8, 4) is 0 Å². The normalized spacial score (nSPS) is 11.4. The van der Waals surface area contributed by atoms with E-state index in [4.69, 9.17) is 11.6 Å². The van der Waals surface area contributed by atoms with Crippen LogP contribution in [0.3, 0.4) is 0 Å². The van der Waals surface area contributed by atoms with E-state index in [1.54, 1.807) is 11.0 Å². The summed E-state index contributed by atoms with van der Waals surface area (Å²) in [4.78, 5) is 18.7. The van der Waals surface area contributed by atoms with Crippen molar-refractivity contribution < 1.29 is 4.79 Å². The van der Waals surface area contributed by atoms with Gasteiger partial charge in [-0.25, -0.2) is 9.66 Å². The number of aromatic nitrogens is 4. The van der Waals surface area contributed by atoms with Gasteiger partial charge in [0, 0.05) is 10.4 Å². The van der Waals surface area contributed by atoms with E-state index in [-0.39, 0.29) is 5.91 Å². The van der Waals surface area contributed by atoms with Crippen LogP contribution in [0.1, 0.15) is 20.9 Å². The van der Waals surface area contributed by atoms with Crippen LogP contribution < -0.4 is 5.43 Å². The fourth-order valence-corrected chi connectivity index (χ4v) is 4.58. The first-order valence-corrected chi connectivity index (χ1v) is 10.2. The van der Waals surface area contributed by atoms with Crippen LogP contribution in [0, 0.1) is 6.92 Å².